The second kappa shape index (κ2) is 8.97. The van der Waals surface area contributed by atoms with Crippen molar-refractivity contribution in [3.8, 4) is 11.1 Å². The van der Waals surface area contributed by atoms with E-state index in [0.717, 1.165) is 11.1 Å². The first-order valence-electron chi connectivity index (χ1n) is 9.09. The number of ether oxygens (including phenoxy) is 1. The number of hydrogen-bond donors (Lipinski definition) is 2. The van der Waals surface area contributed by atoms with Crippen molar-refractivity contribution >= 4 is 5.97 Å². The predicted molar refractivity (Wildman–Crippen MR) is 105 cm³/mol. The van der Waals surface area contributed by atoms with Gasteiger partial charge in [0.15, 0.2) is 0 Å². The van der Waals surface area contributed by atoms with Crippen LogP contribution in [0.25, 0.3) is 11.1 Å². The highest BCUT2D eigenvalue weighted by Crippen LogP contribution is 2.31. The molecule has 0 bridgehead atoms. The molecule has 0 aliphatic rings. The van der Waals surface area contributed by atoms with E-state index in [1.54, 1.807) is 6.92 Å². The number of benzene rings is 2. The van der Waals surface area contributed by atoms with E-state index in [1.807, 2.05) is 18.2 Å². The van der Waals surface area contributed by atoms with Crippen LogP contribution >= 0.6 is 0 Å². The lowest BCUT2D eigenvalue weighted by Gasteiger charge is -2.34. The Morgan fingerprint density at radius 1 is 1.08 bits per heavy atom. The van der Waals surface area contributed by atoms with Gasteiger partial charge in [-0.25, -0.2) is 0 Å². The number of rotatable bonds is 8. The van der Waals surface area contributed by atoms with Gasteiger partial charge in [-0.2, -0.15) is 0 Å². The van der Waals surface area contributed by atoms with Gasteiger partial charge in [0.25, 0.3) is 0 Å². The largest absolute Gasteiger partial charge is 0.466 e. The highest BCUT2D eigenvalue weighted by atomic mass is 16.5. The number of aliphatic hydroxyl groups excluding tert-OH is 1. The van der Waals surface area contributed by atoms with Crippen molar-refractivity contribution in [3.63, 3.8) is 0 Å². The first-order chi connectivity index (χ1) is 12.4. The molecule has 140 valence electrons. The zero-order valence-electron chi connectivity index (χ0n) is 15.8. The minimum atomic E-state index is -0.590. The topological polar surface area (TPSA) is 72.5 Å². The molecule has 0 aromatic heterocycles. The van der Waals surface area contributed by atoms with Crippen molar-refractivity contribution in [2.75, 3.05) is 13.2 Å². The van der Waals surface area contributed by atoms with E-state index in [9.17, 15) is 9.90 Å². The number of hydrogen-bond acceptors (Lipinski definition) is 4. The Morgan fingerprint density at radius 3 is 2.19 bits per heavy atom. The summed E-state index contributed by atoms with van der Waals surface area (Å²) in [4.78, 5) is 11.9. The van der Waals surface area contributed by atoms with Crippen LogP contribution in [0.1, 0.15) is 32.8 Å². The molecule has 3 N–H and O–H groups in total. The first-order valence-corrected chi connectivity index (χ1v) is 9.09. The third-order valence-electron chi connectivity index (χ3n) is 5.04. The third-order valence-corrected chi connectivity index (χ3v) is 5.04. The van der Waals surface area contributed by atoms with Crippen LogP contribution in [0.3, 0.4) is 0 Å². The third kappa shape index (κ3) is 4.71. The van der Waals surface area contributed by atoms with Gasteiger partial charge in [-0.1, -0.05) is 68.4 Å². The van der Waals surface area contributed by atoms with Gasteiger partial charge < -0.3 is 15.6 Å². The number of carbonyl (C=O) groups is 1. The van der Waals surface area contributed by atoms with E-state index >= 15 is 0 Å². The standard InChI is InChI=1S/C22H29NO3/c1-4-26-21(25)18(15-24)14-20(23)22(2,3)19-12-10-17(11-13-19)16-8-6-5-7-9-16/h5-13,18,20,24H,4,14-15,23H2,1-3H3/t18?,20-/m0/s1. The molecule has 26 heavy (non-hydrogen) atoms. The van der Waals surface area contributed by atoms with Crippen LogP contribution < -0.4 is 5.73 Å². The highest BCUT2D eigenvalue weighted by Gasteiger charge is 2.32. The zero-order valence-corrected chi connectivity index (χ0v) is 15.8. The summed E-state index contributed by atoms with van der Waals surface area (Å²) in [7, 11) is 0. The highest BCUT2D eigenvalue weighted by molar-refractivity contribution is 5.72. The van der Waals surface area contributed by atoms with Crippen molar-refractivity contribution < 1.29 is 14.6 Å². The second-order valence-electron chi connectivity index (χ2n) is 7.14. The van der Waals surface area contributed by atoms with Crippen molar-refractivity contribution in [2.24, 2.45) is 11.7 Å². The van der Waals surface area contributed by atoms with Gasteiger partial charge in [0, 0.05) is 11.5 Å². The molecular formula is C22H29NO3. The fourth-order valence-electron chi connectivity index (χ4n) is 3.04. The Hall–Kier alpha value is -2.17. The van der Waals surface area contributed by atoms with Gasteiger partial charge in [0.2, 0.25) is 0 Å². The maximum absolute atomic E-state index is 11.9. The van der Waals surface area contributed by atoms with Crippen molar-refractivity contribution in [2.45, 2.75) is 38.6 Å². The van der Waals surface area contributed by atoms with E-state index in [-0.39, 0.29) is 24.0 Å². The van der Waals surface area contributed by atoms with Gasteiger partial charge in [-0.05, 0) is 30.0 Å². The summed E-state index contributed by atoms with van der Waals surface area (Å²) in [5.74, 6) is -0.978. The Balaban J connectivity index is 2.14. The van der Waals surface area contributed by atoms with Crippen molar-refractivity contribution in [1.82, 2.24) is 0 Å². The molecule has 2 aromatic rings. The van der Waals surface area contributed by atoms with Crippen LogP contribution in [0.5, 0.6) is 0 Å². The summed E-state index contributed by atoms with van der Waals surface area (Å²) in [6.07, 6.45) is 0.378. The van der Waals surface area contributed by atoms with E-state index in [2.05, 4.69) is 50.2 Å². The molecule has 0 amide bonds. The van der Waals surface area contributed by atoms with E-state index in [4.69, 9.17) is 10.5 Å². The Morgan fingerprint density at radius 2 is 1.65 bits per heavy atom. The monoisotopic (exact) mass is 355 g/mol. The van der Waals surface area contributed by atoms with Crippen LogP contribution in [-0.4, -0.2) is 30.3 Å². The average Bonchev–Trinajstić information content (AvgIpc) is 2.66. The molecule has 0 spiro atoms. The molecule has 1 unspecified atom stereocenters. The maximum atomic E-state index is 11.9. The lowest BCUT2D eigenvalue weighted by Crippen LogP contribution is -2.44. The fraction of sp³-hybridized carbons (Fsp3) is 0.409. The maximum Gasteiger partial charge on any atom is 0.311 e. The Bertz CT molecular complexity index is 695. The van der Waals surface area contributed by atoms with Crippen LogP contribution in [-0.2, 0) is 14.9 Å². The van der Waals surface area contributed by atoms with E-state index in [0.29, 0.717) is 13.0 Å². The quantitative estimate of drug-likeness (QED) is 0.711. The smallest absolute Gasteiger partial charge is 0.311 e. The Kier molecular flexibility index (Phi) is 6.95. The molecule has 0 saturated heterocycles. The van der Waals surface area contributed by atoms with E-state index in [1.165, 1.54) is 5.56 Å². The number of nitrogens with two attached hydrogens (primary N) is 1. The molecular weight excluding hydrogens is 326 g/mol. The molecule has 0 fully saturated rings. The van der Waals surface area contributed by atoms with Gasteiger partial charge in [0.1, 0.15) is 0 Å². The molecule has 2 aromatic carbocycles. The average molecular weight is 355 g/mol. The molecule has 4 heteroatoms. The predicted octanol–water partition coefficient (Wildman–Crippen LogP) is 3.52. The van der Waals surface area contributed by atoms with Gasteiger partial charge in [0.05, 0.1) is 19.1 Å². The summed E-state index contributed by atoms with van der Waals surface area (Å²) in [5.41, 5.74) is 9.51. The zero-order chi connectivity index (χ0) is 19.2. The summed E-state index contributed by atoms with van der Waals surface area (Å²) < 4.78 is 5.02. The lowest BCUT2D eigenvalue weighted by atomic mass is 9.74. The second-order valence-corrected chi connectivity index (χ2v) is 7.14. The molecule has 2 atom stereocenters. The number of carbonyl (C=O) groups excluding carboxylic acids is 1. The Labute approximate surface area is 156 Å². The summed E-state index contributed by atoms with van der Waals surface area (Å²) in [6, 6.07) is 18.3. The van der Waals surface area contributed by atoms with Crippen LogP contribution in [0.15, 0.2) is 54.6 Å². The molecule has 0 heterocycles. The normalized spacial score (nSPS) is 13.9. The van der Waals surface area contributed by atoms with Gasteiger partial charge in [-0.15, -0.1) is 0 Å². The summed E-state index contributed by atoms with van der Waals surface area (Å²) in [5, 5.41) is 9.51. The molecule has 0 radical (unpaired) electrons. The van der Waals surface area contributed by atoms with Crippen LogP contribution in [0.4, 0.5) is 0 Å². The van der Waals surface area contributed by atoms with Crippen molar-refractivity contribution in [1.29, 1.82) is 0 Å². The fourth-order valence-corrected chi connectivity index (χ4v) is 3.04. The minimum absolute atomic E-state index is 0.254. The molecule has 4 nitrogen and oxygen atoms in total. The van der Waals surface area contributed by atoms with Crippen LogP contribution in [0.2, 0.25) is 0 Å². The molecule has 0 saturated carbocycles. The lowest BCUT2D eigenvalue weighted by molar-refractivity contribution is -0.149. The first kappa shape index (κ1) is 20.1. The molecule has 0 aliphatic carbocycles. The summed E-state index contributed by atoms with van der Waals surface area (Å²) >= 11 is 0. The number of aliphatic hydroxyl groups is 1. The van der Waals surface area contributed by atoms with Crippen molar-refractivity contribution in [3.05, 3.63) is 60.2 Å². The van der Waals surface area contributed by atoms with E-state index < -0.39 is 5.92 Å². The molecule has 0 aliphatic heterocycles. The van der Waals surface area contributed by atoms with Gasteiger partial charge >= 0.3 is 5.97 Å². The SMILES string of the molecule is CCOC(=O)C(CO)C[C@H](N)C(C)(C)c1ccc(-c2ccccc2)cc1. The van der Waals surface area contributed by atoms with Crippen LogP contribution in [0, 0.1) is 5.92 Å². The minimum Gasteiger partial charge on any atom is -0.466 e. The van der Waals surface area contributed by atoms with Gasteiger partial charge in [-0.3, -0.25) is 4.79 Å². The number of esters is 1. The summed E-state index contributed by atoms with van der Waals surface area (Å²) in [6.45, 7) is 5.93. The molecule has 2 rings (SSSR count).